The second-order valence-electron chi connectivity index (χ2n) is 6.40. The van der Waals surface area contributed by atoms with E-state index in [0.717, 1.165) is 24.0 Å². The number of anilines is 1. The molecule has 0 spiro atoms. The van der Waals surface area contributed by atoms with Crippen LogP contribution in [-0.4, -0.2) is 9.97 Å². The lowest BCUT2D eigenvalue weighted by Gasteiger charge is -2.14. The van der Waals surface area contributed by atoms with Crippen LogP contribution in [0.1, 0.15) is 17.5 Å². The van der Waals surface area contributed by atoms with Gasteiger partial charge in [-0.15, -0.1) is 0 Å². The number of hydrogen-bond acceptors (Lipinski definition) is 3. The number of fused-ring (bicyclic) bond motifs is 5. The minimum Gasteiger partial charge on any atom is -0.354 e. The van der Waals surface area contributed by atoms with Crippen molar-refractivity contribution in [1.29, 1.82) is 0 Å². The Labute approximate surface area is 139 Å². The van der Waals surface area contributed by atoms with Crippen molar-refractivity contribution in [3.63, 3.8) is 0 Å². The van der Waals surface area contributed by atoms with Gasteiger partial charge < -0.3 is 10.4 Å². The molecule has 1 aliphatic rings. The molecule has 5 rings (SSSR count). The molecule has 0 bridgehead atoms. The molecule has 2 heterocycles. The van der Waals surface area contributed by atoms with Gasteiger partial charge in [-0.05, 0) is 66.3 Å². The summed E-state index contributed by atoms with van der Waals surface area (Å²) in [6.45, 7) is 0. The largest absolute Gasteiger partial charge is 0.354 e. The van der Waals surface area contributed by atoms with Crippen molar-refractivity contribution in [1.82, 2.24) is 9.97 Å². The van der Waals surface area contributed by atoms with Crippen molar-refractivity contribution in [3.8, 4) is 11.3 Å². The second kappa shape index (κ2) is 5.08. The first-order chi connectivity index (χ1) is 11.8. The summed E-state index contributed by atoms with van der Waals surface area (Å²) in [5.74, 6) is 5.48. The summed E-state index contributed by atoms with van der Waals surface area (Å²) < 4.78 is 0. The fourth-order valence-corrected chi connectivity index (χ4v) is 4.00. The standard InChI is InChI=1S/C20H18N4/c21-24-13-6-4-12(5-7-13)20-15-3-1-2-14(15)19-16-10-11-22-17(16)8-9-18(19)23-20/h4-11,23-24H,1-3,21H2. The topological polar surface area (TPSA) is 66.7 Å². The SMILES string of the molecule is NNc1ccc(-c2[nH]c3ccc4nccc4c3c3c2CCC3)cc1. The van der Waals surface area contributed by atoms with E-state index in [0.29, 0.717) is 0 Å². The Morgan fingerprint density at radius 1 is 0.958 bits per heavy atom. The maximum absolute atomic E-state index is 5.48. The highest BCUT2D eigenvalue weighted by Gasteiger charge is 2.21. The van der Waals surface area contributed by atoms with Gasteiger partial charge in [0.1, 0.15) is 0 Å². The van der Waals surface area contributed by atoms with Crippen LogP contribution in [-0.2, 0) is 12.8 Å². The van der Waals surface area contributed by atoms with E-state index in [9.17, 15) is 0 Å². The Morgan fingerprint density at radius 2 is 1.79 bits per heavy atom. The summed E-state index contributed by atoms with van der Waals surface area (Å²) in [6, 6.07) is 14.6. The number of aryl methyl sites for hydroxylation is 1. The summed E-state index contributed by atoms with van der Waals surface area (Å²) >= 11 is 0. The normalized spacial score (nSPS) is 13.5. The van der Waals surface area contributed by atoms with Crippen LogP contribution in [0.4, 0.5) is 5.69 Å². The molecule has 2 aromatic carbocycles. The molecule has 4 nitrogen and oxygen atoms in total. The van der Waals surface area contributed by atoms with Crippen molar-refractivity contribution in [3.05, 3.63) is 59.8 Å². The van der Waals surface area contributed by atoms with Gasteiger partial charge in [0, 0.05) is 33.9 Å². The van der Waals surface area contributed by atoms with E-state index >= 15 is 0 Å². The fraction of sp³-hybridized carbons (Fsp3) is 0.150. The molecule has 4 aromatic rings. The zero-order valence-electron chi connectivity index (χ0n) is 13.3. The predicted molar refractivity (Wildman–Crippen MR) is 98.9 cm³/mol. The molecule has 4 heteroatoms. The molecule has 0 unspecified atom stereocenters. The van der Waals surface area contributed by atoms with E-state index in [1.165, 1.54) is 45.1 Å². The Hall–Kier alpha value is -2.85. The molecule has 0 saturated heterocycles. The van der Waals surface area contributed by atoms with Crippen molar-refractivity contribution in [2.24, 2.45) is 5.84 Å². The zero-order valence-corrected chi connectivity index (χ0v) is 13.3. The van der Waals surface area contributed by atoms with Gasteiger partial charge >= 0.3 is 0 Å². The van der Waals surface area contributed by atoms with E-state index in [1.807, 2.05) is 18.3 Å². The maximum Gasteiger partial charge on any atom is 0.0710 e. The number of aromatic amines is 1. The highest BCUT2D eigenvalue weighted by molar-refractivity contribution is 6.08. The number of aromatic nitrogens is 2. The zero-order chi connectivity index (χ0) is 16.1. The smallest absolute Gasteiger partial charge is 0.0710 e. The number of nitrogen functional groups attached to an aromatic ring is 1. The number of pyridine rings is 1. The van der Waals surface area contributed by atoms with Gasteiger partial charge in [0.15, 0.2) is 0 Å². The van der Waals surface area contributed by atoms with E-state index in [1.54, 1.807) is 0 Å². The molecular weight excluding hydrogens is 296 g/mol. The van der Waals surface area contributed by atoms with Crippen LogP contribution in [0.2, 0.25) is 0 Å². The Balaban J connectivity index is 1.82. The van der Waals surface area contributed by atoms with Crippen LogP contribution in [0, 0.1) is 0 Å². The number of hydrogen-bond donors (Lipinski definition) is 3. The lowest BCUT2D eigenvalue weighted by molar-refractivity contribution is 0.913. The second-order valence-corrected chi connectivity index (χ2v) is 6.40. The number of nitrogens with one attached hydrogen (secondary N) is 2. The van der Waals surface area contributed by atoms with Crippen LogP contribution in [0.25, 0.3) is 33.1 Å². The summed E-state index contributed by atoms with van der Waals surface area (Å²) in [4.78, 5) is 8.14. The average Bonchev–Trinajstić information content (AvgIpc) is 3.29. The third-order valence-electron chi connectivity index (χ3n) is 5.10. The van der Waals surface area contributed by atoms with E-state index in [4.69, 9.17) is 5.84 Å². The van der Waals surface area contributed by atoms with E-state index in [-0.39, 0.29) is 0 Å². The Bertz CT molecular complexity index is 1060. The number of hydrazine groups is 1. The molecule has 118 valence electrons. The summed E-state index contributed by atoms with van der Waals surface area (Å²) in [5, 5.41) is 2.61. The van der Waals surface area contributed by atoms with Crippen LogP contribution >= 0.6 is 0 Å². The summed E-state index contributed by atoms with van der Waals surface area (Å²) in [5.41, 5.74) is 11.2. The first kappa shape index (κ1) is 13.6. The molecule has 24 heavy (non-hydrogen) atoms. The van der Waals surface area contributed by atoms with Gasteiger partial charge in [-0.1, -0.05) is 12.1 Å². The molecular formula is C20H18N4. The molecule has 0 radical (unpaired) electrons. The number of nitrogens with zero attached hydrogens (tertiary/aromatic N) is 1. The van der Waals surface area contributed by atoms with Crippen LogP contribution < -0.4 is 11.3 Å². The molecule has 0 amide bonds. The Morgan fingerprint density at radius 3 is 2.62 bits per heavy atom. The first-order valence-electron chi connectivity index (χ1n) is 8.33. The van der Waals surface area contributed by atoms with Crippen LogP contribution in [0.5, 0.6) is 0 Å². The molecule has 1 aliphatic carbocycles. The minimum atomic E-state index is 0.917. The third kappa shape index (κ3) is 1.87. The molecule has 2 aromatic heterocycles. The average molecular weight is 314 g/mol. The molecule has 0 aliphatic heterocycles. The lowest BCUT2D eigenvalue weighted by Crippen LogP contribution is -2.06. The van der Waals surface area contributed by atoms with E-state index < -0.39 is 0 Å². The van der Waals surface area contributed by atoms with Crippen molar-refractivity contribution in [2.75, 3.05) is 5.43 Å². The van der Waals surface area contributed by atoms with Crippen molar-refractivity contribution < 1.29 is 0 Å². The minimum absolute atomic E-state index is 0.917. The van der Waals surface area contributed by atoms with Crippen molar-refractivity contribution >= 4 is 27.5 Å². The highest BCUT2D eigenvalue weighted by Crippen LogP contribution is 2.38. The molecule has 4 N–H and O–H groups in total. The molecule has 0 fully saturated rings. The van der Waals surface area contributed by atoms with Gasteiger partial charge in [-0.2, -0.15) is 0 Å². The highest BCUT2D eigenvalue weighted by atomic mass is 15.2. The maximum atomic E-state index is 5.48. The summed E-state index contributed by atoms with van der Waals surface area (Å²) in [7, 11) is 0. The predicted octanol–water partition coefficient (Wildman–Crippen LogP) is 4.16. The summed E-state index contributed by atoms with van der Waals surface area (Å²) in [6.07, 6.45) is 5.37. The number of nitrogens with two attached hydrogens (primary N) is 1. The van der Waals surface area contributed by atoms with Gasteiger partial charge in [0.2, 0.25) is 0 Å². The fourth-order valence-electron chi connectivity index (χ4n) is 4.00. The van der Waals surface area contributed by atoms with Gasteiger partial charge in [0.05, 0.1) is 5.52 Å². The van der Waals surface area contributed by atoms with Gasteiger partial charge in [-0.25, -0.2) is 0 Å². The van der Waals surface area contributed by atoms with E-state index in [2.05, 4.69) is 45.7 Å². The molecule has 0 saturated carbocycles. The molecule has 0 atom stereocenters. The van der Waals surface area contributed by atoms with Crippen molar-refractivity contribution in [2.45, 2.75) is 19.3 Å². The first-order valence-corrected chi connectivity index (χ1v) is 8.33. The lowest BCUT2D eigenvalue weighted by atomic mass is 9.97. The third-order valence-corrected chi connectivity index (χ3v) is 5.10. The van der Waals surface area contributed by atoms with Crippen LogP contribution in [0.3, 0.4) is 0 Å². The number of rotatable bonds is 2. The monoisotopic (exact) mass is 314 g/mol. The number of benzene rings is 2. The van der Waals surface area contributed by atoms with Gasteiger partial charge in [-0.3, -0.25) is 10.8 Å². The quantitative estimate of drug-likeness (QED) is 0.384. The number of H-pyrrole nitrogens is 1. The Kier molecular flexibility index (Phi) is 2.87. The van der Waals surface area contributed by atoms with Crippen LogP contribution in [0.15, 0.2) is 48.7 Å². The van der Waals surface area contributed by atoms with Gasteiger partial charge in [0.25, 0.3) is 0 Å².